The third-order valence-corrected chi connectivity index (χ3v) is 4.51. The lowest BCUT2D eigenvalue weighted by Gasteiger charge is -2.10. The lowest BCUT2D eigenvalue weighted by Crippen LogP contribution is -2.03. The van der Waals surface area contributed by atoms with E-state index in [1.807, 2.05) is 6.92 Å². The molecule has 0 aliphatic carbocycles. The van der Waals surface area contributed by atoms with Crippen LogP contribution in [0.2, 0.25) is 0 Å². The number of aromatic nitrogens is 2. The second kappa shape index (κ2) is 6.96. The summed E-state index contributed by atoms with van der Waals surface area (Å²) in [6.07, 6.45) is -1.02. The van der Waals surface area contributed by atoms with Gasteiger partial charge in [0, 0.05) is 23.9 Å². The van der Waals surface area contributed by atoms with Crippen LogP contribution >= 0.6 is 23.1 Å². The monoisotopic (exact) mass is 317 g/mol. The van der Waals surface area contributed by atoms with E-state index in [9.17, 15) is 13.9 Å². The number of thioether (sulfide) groups is 1. The van der Waals surface area contributed by atoms with Crippen molar-refractivity contribution >= 4 is 28.2 Å². The maximum absolute atomic E-state index is 13.5. The Balaban J connectivity index is 1.95. The number of hydrogen-bond donors (Lipinski definition) is 2. The summed E-state index contributed by atoms with van der Waals surface area (Å²) in [7, 11) is 0. The Labute approximate surface area is 123 Å². The van der Waals surface area contributed by atoms with Crippen LogP contribution in [-0.2, 0) is 0 Å². The molecule has 0 saturated heterocycles. The summed E-state index contributed by atoms with van der Waals surface area (Å²) in [4.78, 5) is 0. The zero-order valence-electron chi connectivity index (χ0n) is 10.6. The number of halogens is 2. The van der Waals surface area contributed by atoms with Gasteiger partial charge in [-0.15, -0.1) is 10.2 Å². The maximum atomic E-state index is 13.5. The number of rotatable bonds is 6. The number of aliphatic hydroxyl groups is 1. The first-order valence-corrected chi connectivity index (χ1v) is 7.73. The fraction of sp³-hybridized carbons (Fsp3) is 0.333. The molecule has 0 bridgehead atoms. The summed E-state index contributed by atoms with van der Waals surface area (Å²) >= 11 is 2.64. The fourth-order valence-corrected chi connectivity index (χ4v) is 3.30. The van der Waals surface area contributed by atoms with E-state index in [0.717, 1.165) is 18.7 Å². The third-order valence-electron chi connectivity index (χ3n) is 2.42. The number of hydrogen-bond acceptors (Lipinski definition) is 6. The normalized spacial score (nSPS) is 12.4. The minimum absolute atomic E-state index is 0.0790. The molecule has 8 heteroatoms. The van der Waals surface area contributed by atoms with Gasteiger partial charge in [-0.2, -0.15) is 0 Å². The molecule has 0 fully saturated rings. The Morgan fingerprint density at radius 2 is 2.20 bits per heavy atom. The van der Waals surface area contributed by atoms with Crippen LogP contribution in [0.15, 0.2) is 22.5 Å². The van der Waals surface area contributed by atoms with Gasteiger partial charge in [-0.25, -0.2) is 8.78 Å². The second-order valence-electron chi connectivity index (χ2n) is 3.90. The van der Waals surface area contributed by atoms with Crippen molar-refractivity contribution in [3.8, 4) is 0 Å². The van der Waals surface area contributed by atoms with Crippen LogP contribution in [0.4, 0.5) is 13.9 Å². The highest BCUT2D eigenvalue weighted by molar-refractivity contribution is 8.01. The van der Waals surface area contributed by atoms with E-state index in [1.54, 1.807) is 0 Å². The molecule has 0 saturated carbocycles. The van der Waals surface area contributed by atoms with Crippen molar-refractivity contribution in [2.75, 3.05) is 17.6 Å². The van der Waals surface area contributed by atoms with Crippen molar-refractivity contribution in [1.82, 2.24) is 10.2 Å². The van der Waals surface area contributed by atoms with Gasteiger partial charge in [-0.3, -0.25) is 0 Å². The molecule has 0 amide bonds. The molecule has 4 nitrogen and oxygen atoms in total. The Kier molecular flexibility index (Phi) is 5.27. The third kappa shape index (κ3) is 3.87. The number of nitrogens with zero attached hydrogens (tertiary/aromatic N) is 2. The van der Waals surface area contributed by atoms with Crippen LogP contribution < -0.4 is 5.32 Å². The largest absolute Gasteiger partial charge is 0.387 e. The summed E-state index contributed by atoms with van der Waals surface area (Å²) in [6.45, 7) is 2.71. The number of aliphatic hydroxyl groups excluding tert-OH is 1. The topological polar surface area (TPSA) is 58.0 Å². The SMILES string of the molecule is CCNc1nnc(SC[C@@H](O)c2ccc(F)cc2F)s1. The van der Waals surface area contributed by atoms with Gasteiger partial charge in [0.25, 0.3) is 0 Å². The summed E-state index contributed by atoms with van der Waals surface area (Å²) < 4.78 is 27.0. The summed E-state index contributed by atoms with van der Waals surface area (Å²) in [5.74, 6) is -1.18. The molecule has 0 radical (unpaired) electrons. The minimum Gasteiger partial charge on any atom is -0.387 e. The molecular formula is C12H13F2N3OS2. The molecule has 0 unspecified atom stereocenters. The van der Waals surface area contributed by atoms with Gasteiger partial charge in [0.05, 0.1) is 6.10 Å². The van der Waals surface area contributed by atoms with E-state index >= 15 is 0 Å². The Bertz CT molecular complexity index is 580. The smallest absolute Gasteiger partial charge is 0.206 e. The van der Waals surface area contributed by atoms with Crippen molar-refractivity contribution in [3.63, 3.8) is 0 Å². The zero-order valence-corrected chi connectivity index (χ0v) is 12.3. The molecule has 2 N–H and O–H groups in total. The van der Waals surface area contributed by atoms with Gasteiger partial charge in [0.2, 0.25) is 5.13 Å². The minimum atomic E-state index is -1.02. The predicted octanol–water partition coefficient (Wildman–Crippen LogP) is 3.07. The molecule has 2 rings (SSSR count). The molecule has 108 valence electrons. The first-order chi connectivity index (χ1) is 9.60. The van der Waals surface area contributed by atoms with E-state index in [0.29, 0.717) is 9.47 Å². The molecule has 1 atom stereocenters. The number of anilines is 1. The van der Waals surface area contributed by atoms with E-state index in [2.05, 4.69) is 15.5 Å². The van der Waals surface area contributed by atoms with E-state index in [4.69, 9.17) is 0 Å². The van der Waals surface area contributed by atoms with Crippen molar-refractivity contribution in [1.29, 1.82) is 0 Å². The second-order valence-corrected chi connectivity index (χ2v) is 6.14. The molecule has 0 aliphatic rings. The van der Waals surface area contributed by atoms with Crippen molar-refractivity contribution in [2.45, 2.75) is 17.4 Å². The van der Waals surface area contributed by atoms with Crippen molar-refractivity contribution in [2.24, 2.45) is 0 Å². The first-order valence-electron chi connectivity index (χ1n) is 5.93. The maximum Gasteiger partial charge on any atom is 0.206 e. The predicted molar refractivity (Wildman–Crippen MR) is 76.1 cm³/mol. The fourth-order valence-electron chi connectivity index (χ4n) is 1.50. The average molecular weight is 317 g/mol. The van der Waals surface area contributed by atoms with Crippen LogP contribution in [-0.4, -0.2) is 27.6 Å². The highest BCUT2D eigenvalue weighted by Crippen LogP contribution is 2.29. The highest BCUT2D eigenvalue weighted by Gasteiger charge is 2.15. The van der Waals surface area contributed by atoms with Crippen LogP contribution in [0.25, 0.3) is 0 Å². The van der Waals surface area contributed by atoms with Gasteiger partial charge in [-0.05, 0) is 13.0 Å². The molecule has 2 aromatic rings. The van der Waals surface area contributed by atoms with Gasteiger partial charge >= 0.3 is 0 Å². The van der Waals surface area contributed by atoms with Crippen LogP contribution in [0.3, 0.4) is 0 Å². The molecule has 1 heterocycles. The molecule has 0 aliphatic heterocycles. The Morgan fingerprint density at radius 3 is 2.90 bits per heavy atom. The lowest BCUT2D eigenvalue weighted by atomic mass is 10.1. The van der Waals surface area contributed by atoms with E-state index in [1.165, 1.54) is 29.2 Å². The van der Waals surface area contributed by atoms with Gasteiger partial charge in [0.15, 0.2) is 4.34 Å². The summed E-state index contributed by atoms with van der Waals surface area (Å²) in [5, 5.41) is 21.5. The summed E-state index contributed by atoms with van der Waals surface area (Å²) in [6, 6.07) is 3.14. The van der Waals surface area contributed by atoms with Gasteiger partial charge in [0.1, 0.15) is 11.6 Å². The molecule has 1 aromatic carbocycles. The van der Waals surface area contributed by atoms with E-state index in [-0.39, 0.29) is 11.3 Å². The standard InChI is InChI=1S/C12H13F2N3OS2/c1-2-15-11-16-17-12(20-11)19-6-10(18)8-4-3-7(13)5-9(8)14/h3-5,10,18H,2,6H2,1H3,(H,15,16)/t10-/m1/s1. The van der Waals surface area contributed by atoms with Crippen LogP contribution in [0.1, 0.15) is 18.6 Å². The highest BCUT2D eigenvalue weighted by atomic mass is 32.2. The van der Waals surface area contributed by atoms with Crippen LogP contribution in [0.5, 0.6) is 0 Å². The molecule has 20 heavy (non-hydrogen) atoms. The molecular weight excluding hydrogens is 304 g/mol. The lowest BCUT2D eigenvalue weighted by molar-refractivity contribution is 0.198. The summed E-state index contributed by atoms with van der Waals surface area (Å²) in [5.41, 5.74) is 0.0790. The van der Waals surface area contributed by atoms with Gasteiger partial charge in [-0.1, -0.05) is 29.2 Å². The first kappa shape index (κ1) is 15.1. The Hall–Kier alpha value is -1.25. The zero-order chi connectivity index (χ0) is 14.5. The average Bonchev–Trinajstić information content (AvgIpc) is 2.84. The molecule has 0 spiro atoms. The Morgan fingerprint density at radius 1 is 1.40 bits per heavy atom. The van der Waals surface area contributed by atoms with E-state index < -0.39 is 17.7 Å². The van der Waals surface area contributed by atoms with Gasteiger partial charge < -0.3 is 10.4 Å². The number of nitrogens with one attached hydrogen (secondary N) is 1. The molecule has 1 aromatic heterocycles. The van der Waals surface area contributed by atoms with Crippen molar-refractivity contribution < 1.29 is 13.9 Å². The quantitative estimate of drug-likeness (QED) is 0.802. The van der Waals surface area contributed by atoms with Crippen molar-refractivity contribution in [3.05, 3.63) is 35.4 Å². The number of benzene rings is 1. The van der Waals surface area contributed by atoms with Crippen LogP contribution in [0, 0.1) is 11.6 Å².